The second-order valence-corrected chi connectivity index (χ2v) is 5.32. The maximum absolute atomic E-state index is 12.8. The molecule has 0 fully saturated rings. The smallest absolute Gasteiger partial charge is 0.293 e. The second-order valence-electron chi connectivity index (χ2n) is 5.32. The predicted octanol–water partition coefficient (Wildman–Crippen LogP) is 3.59. The number of hydrogen-bond acceptors (Lipinski definition) is 2. The largest absolute Gasteiger partial charge is 0.428 e. The Morgan fingerprint density at radius 1 is 0.909 bits per heavy atom. The third-order valence-corrected chi connectivity index (χ3v) is 3.75. The van der Waals surface area contributed by atoms with E-state index in [0.29, 0.717) is 17.1 Å². The van der Waals surface area contributed by atoms with E-state index in [1.165, 1.54) is 6.20 Å². The SMILES string of the molecule is Cc1ccc(-c2c(C)n(O)cc(-c3ccccc3)[n+]2=O)cc1. The van der Waals surface area contributed by atoms with Gasteiger partial charge in [0.25, 0.3) is 11.4 Å². The molecule has 0 saturated heterocycles. The number of benzene rings is 2. The van der Waals surface area contributed by atoms with Gasteiger partial charge in [-0.3, -0.25) is 0 Å². The molecule has 4 heteroatoms. The van der Waals surface area contributed by atoms with Crippen molar-refractivity contribution >= 4 is 0 Å². The van der Waals surface area contributed by atoms with E-state index in [2.05, 4.69) is 0 Å². The predicted molar refractivity (Wildman–Crippen MR) is 85.3 cm³/mol. The average molecular weight is 293 g/mol. The lowest BCUT2D eigenvalue weighted by molar-refractivity contribution is -0.471. The summed E-state index contributed by atoms with van der Waals surface area (Å²) in [6.07, 6.45) is 1.44. The summed E-state index contributed by atoms with van der Waals surface area (Å²) >= 11 is 0. The molecule has 0 aliphatic rings. The van der Waals surface area contributed by atoms with E-state index in [1.807, 2.05) is 61.5 Å². The third kappa shape index (κ3) is 2.39. The van der Waals surface area contributed by atoms with Crippen molar-refractivity contribution in [2.75, 3.05) is 0 Å². The van der Waals surface area contributed by atoms with Crippen molar-refractivity contribution in [1.29, 1.82) is 0 Å². The van der Waals surface area contributed by atoms with Gasteiger partial charge in [0, 0.05) is 4.91 Å². The summed E-state index contributed by atoms with van der Waals surface area (Å²) in [5, 5.41) is 10.1. The van der Waals surface area contributed by atoms with Gasteiger partial charge >= 0.3 is 0 Å². The Bertz CT molecular complexity index is 866. The fraction of sp³-hybridized carbons (Fsp3) is 0.111. The summed E-state index contributed by atoms with van der Waals surface area (Å²) in [5.74, 6) is 0. The first-order valence-electron chi connectivity index (χ1n) is 7.08. The zero-order chi connectivity index (χ0) is 15.7. The van der Waals surface area contributed by atoms with E-state index in [0.717, 1.165) is 25.8 Å². The molecule has 0 aliphatic heterocycles. The normalized spacial score (nSPS) is 10.6. The van der Waals surface area contributed by atoms with Crippen LogP contribution in [0.5, 0.6) is 0 Å². The van der Waals surface area contributed by atoms with Gasteiger partial charge in [-0.1, -0.05) is 35.9 Å². The summed E-state index contributed by atoms with van der Waals surface area (Å²) < 4.78 is 1.88. The minimum absolute atomic E-state index is 0.407. The van der Waals surface area contributed by atoms with Crippen molar-refractivity contribution in [2.24, 2.45) is 0 Å². The highest BCUT2D eigenvalue weighted by Crippen LogP contribution is 2.22. The van der Waals surface area contributed by atoms with Gasteiger partial charge in [0.15, 0.2) is 0 Å². The monoisotopic (exact) mass is 293 g/mol. The molecule has 1 aromatic heterocycles. The molecule has 0 atom stereocenters. The summed E-state index contributed by atoms with van der Waals surface area (Å²) in [7, 11) is 0. The first kappa shape index (κ1) is 14.1. The van der Waals surface area contributed by atoms with Gasteiger partial charge in [0.2, 0.25) is 0 Å². The van der Waals surface area contributed by atoms with Gasteiger partial charge in [-0.05, 0) is 38.1 Å². The second kappa shape index (κ2) is 5.48. The van der Waals surface area contributed by atoms with Gasteiger partial charge in [0.1, 0.15) is 11.9 Å². The molecule has 0 bridgehead atoms. The van der Waals surface area contributed by atoms with Crippen LogP contribution in [0.25, 0.3) is 22.5 Å². The summed E-state index contributed by atoms with van der Waals surface area (Å²) in [4.78, 5) is 12.8. The molecule has 3 rings (SSSR count). The Morgan fingerprint density at radius 2 is 1.55 bits per heavy atom. The average Bonchev–Trinajstić information content (AvgIpc) is 2.54. The van der Waals surface area contributed by atoms with Crippen LogP contribution in [0.3, 0.4) is 0 Å². The number of hydrogen-bond donors (Lipinski definition) is 1. The molecule has 1 N–H and O–H groups in total. The van der Waals surface area contributed by atoms with Crippen molar-refractivity contribution in [3.8, 4) is 22.5 Å². The van der Waals surface area contributed by atoms with Crippen LogP contribution in [-0.4, -0.2) is 9.94 Å². The Morgan fingerprint density at radius 3 is 2.18 bits per heavy atom. The zero-order valence-electron chi connectivity index (χ0n) is 12.5. The minimum Gasteiger partial charge on any atom is -0.428 e. The fourth-order valence-electron chi connectivity index (χ4n) is 2.48. The molecule has 0 radical (unpaired) electrons. The lowest BCUT2D eigenvalue weighted by Gasteiger charge is -2.05. The van der Waals surface area contributed by atoms with E-state index in [4.69, 9.17) is 0 Å². The van der Waals surface area contributed by atoms with E-state index in [1.54, 1.807) is 6.92 Å². The lowest BCUT2D eigenvalue weighted by atomic mass is 10.1. The van der Waals surface area contributed by atoms with Gasteiger partial charge in [-0.2, -0.15) is 4.73 Å². The highest BCUT2D eigenvalue weighted by molar-refractivity contribution is 5.62. The van der Waals surface area contributed by atoms with E-state index < -0.39 is 0 Å². The number of aromatic nitrogens is 2. The number of nitrogens with zero attached hydrogens (tertiary/aromatic N) is 2. The van der Waals surface area contributed by atoms with Crippen LogP contribution in [0.4, 0.5) is 0 Å². The van der Waals surface area contributed by atoms with E-state index in [9.17, 15) is 10.1 Å². The molecule has 3 aromatic rings. The molecule has 4 nitrogen and oxygen atoms in total. The molecule has 110 valence electrons. The molecule has 1 heterocycles. The first-order valence-corrected chi connectivity index (χ1v) is 7.08. The summed E-state index contributed by atoms with van der Waals surface area (Å²) in [6.45, 7) is 3.72. The van der Waals surface area contributed by atoms with Crippen molar-refractivity contribution in [3.63, 3.8) is 0 Å². The van der Waals surface area contributed by atoms with Crippen LogP contribution in [0.1, 0.15) is 11.3 Å². The highest BCUT2D eigenvalue weighted by atomic mass is 16.5. The number of aryl methyl sites for hydroxylation is 1. The van der Waals surface area contributed by atoms with Crippen molar-refractivity contribution < 1.29 is 9.63 Å². The topological polar surface area (TPSA) is 48.1 Å². The van der Waals surface area contributed by atoms with Crippen LogP contribution in [0, 0.1) is 18.8 Å². The Kier molecular flexibility index (Phi) is 3.51. The Hall–Kier alpha value is -2.88. The van der Waals surface area contributed by atoms with Crippen LogP contribution >= 0.6 is 0 Å². The van der Waals surface area contributed by atoms with E-state index >= 15 is 0 Å². The number of rotatable bonds is 2. The molecule has 0 unspecified atom stereocenters. The molecule has 0 amide bonds. The molecule has 0 saturated carbocycles. The molecule has 22 heavy (non-hydrogen) atoms. The third-order valence-electron chi connectivity index (χ3n) is 3.75. The zero-order valence-corrected chi connectivity index (χ0v) is 12.5. The Labute approximate surface area is 128 Å². The van der Waals surface area contributed by atoms with Gasteiger partial charge in [0.05, 0.1) is 15.6 Å². The van der Waals surface area contributed by atoms with Crippen LogP contribution in [-0.2, 0) is 0 Å². The highest BCUT2D eigenvalue weighted by Gasteiger charge is 2.24. The van der Waals surface area contributed by atoms with Crippen molar-refractivity contribution in [3.05, 3.63) is 77.0 Å². The van der Waals surface area contributed by atoms with Crippen LogP contribution < -0.4 is 4.43 Å². The summed E-state index contributed by atoms with van der Waals surface area (Å²) in [6, 6.07) is 17.0. The molecular formula is C18H17N2O2+. The summed E-state index contributed by atoms with van der Waals surface area (Å²) in [5.41, 5.74) is 4.01. The molecular weight excluding hydrogens is 276 g/mol. The maximum atomic E-state index is 12.8. The van der Waals surface area contributed by atoms with Crippen LogP contribution in [0.15, 0.2) is 60.8 Å². The Balaban J connectivity index is 2.29. The van der Waals surface area contributed by atoms with Gasteiger partial charge in [-0.25, -0.2) is 0 Å². The van der Waals surface area contributed by atoms with E-state index in [-0.39, 0.29) is 0 Å². The molecule has 0 spiro atoms. The van der Waals surface area contributed by atoms with Gasteiger partial charge in [-0.15, -0.1) is 0 Å². The van der Waals surface area contributed by atoms with Crippen LogP contribution in [0.2, 0.25) is 0 Å². The standard InChI is InChI=1S/C18H17N2O2/c1-13-8-10-16(11-9-13)18-14(2)19(21)12-17(20(18)22)15-6-4-3-5-7-15/h3-12,21H,1-2H3/q+1. The molecule has 2 aromatic carbocycles. The quantitative estimate of drug-likeness (QED) is 0.580. The van der Waals surface area contributed by atoms with Crippen molar-refractivity contribution in [2.45, 2.75) is 13.8 Å². The minimum atomic E-state index is 0.407. The first-order chi connectivity index (χ1) is 10.6. The van der Waals surface area contributed by atoms with Crippen molar-refractivity contribution in [1.82, 2.24) is 4.73 Å². The fourth-order valence-corrected chi connectivity index (χ4v) is 2.48. The van der Waals surface area contributed by atoms with Gasteiger partial charge < -0.3 is 5.21 Å². The molecule has 0 aliphatic carbocycles. The lowest BCUT2D eigenvalue weighted by Crippen LogP contribution is -2.26. The maximum Gasteiger partial charge on any atom is 0.293 e.